The second-order valence-electron chi connectivity index (χ2n) is 7.63. The van der Waals surface area contributed by atoms with E-state index in [9.17, 15) is 4.79 Å². The third-order valence-electron chi connectivity index (χ3n) is 5.77. The Morgan fingerprint density at radius 1 is 1.12 bits per heavy atom. The highest BCUT2D eigenvalue weighted by Crippen LogP contribution is 2.38. The zero-order valence-electron chi connectivity index (χ0n) is 14.4. The van der Waals surface area contributed by atoms with Crippen LogP contribution in [0.3, 0.4) is 0 Å². The summed E-state index contributed by atoms with van der Waals surface area (Å²) in [5, 5.41) is 3.74. The fourth-order valence-electron chi connectivity index (χ4n) is 4.09. The number of halogens is 1. The van der Waals surface area contributed by atoms with Crippen LogP contribution in [-0.4, -0.2) is 28.5 Å². The Hall–Kier alpha value is -1.89. The lowest BCUT2D eigenvalue weighted by Crippen LogP contribution is -2.32. The quantitative estimate of drug-likeness (QED) is 0.668. The van der Waals surface area contributed by atoms with E-state index in [0.29, 0.717) is 18.3 Å². The van der Waals surface area contributed by atoms with Gasteiger partial charge in [0, 0.05) is 29.2 Å². The van der Waals surface area contributed by atoms with Crippen LogP contribution in [0.1, 0.15) is 58.8 Å². The molecule has 2 aliphatic heterocycles. The van der Waals surface area contributed by atoms with Gasteiger partial charge in [-0.1, -0.05) is 23.7 Å². The summed E-state index contributed by atoms with van der Waals surface area (Å²) in [6, 6.07) is 8.51. The van der Waals surface area contributed by atoms with Crippen LogP contribution in [0.15, 0.2) is 24.3 Å². The van der Waals surface area contributed by atoms with Crippen molar-refractivity contribution in [2.45, 2.75) is 43.7 Å². The number of aromatic nitrogens is 2. The number of benzene rings is 1. The summed E-state index contributed by atoms with van der Waals surface area (Å²) < 4.78 is 0. The predicted octanol–water partition coefficient (Wildman–Crippen LogP) is 2.45. The molecule has 1 saturated carbocycles. The standard InChI is InChI=1S/C19H22ClN5O/c20-13-5-3-10(4-6-13)12-7-15-17(19(26)21-9-12)23-18(22-15)16-8-14(24-25-16)11-1-2-11/h3-6,11-12,14,16,24-25H,1-2,7-9H2,(H,21,26)(H,22,23). The van der Waals surface area contributed by atoms with Crippen molar-refractivity contribution >= 4 is 17.5 Å². The van der Waals surface area contributed by atoms with Crippen molar-refractivity contribution in [2.75, 3.05) is 6.54 Å². The Morgan fingerprint density at radius 2 is 1.92 bits per heavy atom. The molecule has 1 aliphatic carbocycles. The number of nitrogens with zero attached hydrogens (tertiary/aromatic N) is 1. The number of hydrogen-bond donors (Lipinski definition) is 4. The zero-order chi connectivity index (χ0) is 17.7. The molecule has 6 nitrogen and oxygen atoms in total. The van der Waals surface area contributed by atoms with Crippen LogP contribution < -0.4 is 16.2 Å². The highest BCUT2D eigenvalue weighted by molar-refractivity contribution is 6.30. The number of carbonyl (C=O) groups is 1. The van der Waals surface area contributed by atoms with E-state index in [1.54, 1.807) is 0 Å². The minimum atomic E-state index is -0.0938. The lowest BCUT2D eigenvalue weighted by Gasteiger charge is -2.15. The fourth-order valence-corrected chi connectivity index (χ4v) is 4.21. The molecule has 1 aromatic heterocycles. The average molecular weight is 372 g/mol. The number of rotatable bonds is 3. The summed E-state index contributed by atoms with van der Waals surface area (Å²) in [5.74, 6) is 1.76. The molecule has 5 rings (SSSR count). The van der Waals surface area contributed by atoms with Crippen molar-refractivity contribution in [2.24, 2.45) is 5.92 Å². The van der Waals surface area contributed by atoms with Gasteiger partial charge in [-0.3, -0.25) is 10.2 Å². The SMILES string of the molecule is O=C1NCC(c2ccc(Cl)cc2)Cc2[nH]c(C3CC(C4CC4)NN3)nc21. The molecule has 0 bridgehead atoms. The topological polar surface area (TPSA) is 81.8 Å². The molecule has 2 aromatic rings. The van der Waals surface area contributed by atoms with Crippen molar-refractivity contribution in [1.82, 2.24) is 26.1 Å². The van der Waals surface area contributed by atoms with Crippen LogP contribution >= 0.6 is 11.6 Å². The molecule has 3 unspecified atom stereocenters. The number of fused-ring (bicyclic) bond motifs is 1. The summed E-state index contributed by atoms with van der Waals surface area (Å²) in [4.78, 5) is 20.6. The van der Waals surface area contributed by atoms with E-state index in [0.717, 1.165) is 35.3 Å². The first kappa shape index (κ1) is 16.3. The van der Waals surface area contributed by atoms with E-state index in [1.165, 1.54) is 18.4 Å². The van der Waals surface area contributed by atoms with Gasteiger partial charge < -0.3 is 10.3 Å². The van der Waals surface area contributed by atoms with E-state index in [2.05, 4.69) is 26.1 Å². The summed E-state index contributed by atoms with van der Waals surface area (Å²) in [6.07, 6.45) is 4.39. The number of aromatic amines is 1. The van der Waals surface area contributed by atoms with Gasteiger partial charge in [-0.2, -0.15) is 0 Å². The minimum Gasteiger partial charge on any atom is -0.350 e. The number of carbonyl (C=O) groups excluding carboxylic acids is 1. The maximum Gasteiger partial charge on any atom is 0.271 e. The van der Waals surface area contributed by atoms with Crippen LogP contribution in [0.4, 0.5) is 0 Å². The largest absolute Gasteiger partial charge is 0.350 e. The molecule has 2 fully saturated rings. The average Bonchev–Trinajstić information content (AvgIpc) is 3.26. The van der Waals surface area contributed by atoms with Crippen LogP contribution in [0.5, 0.6) is 0 Å². The molecule has 0 radical (unpaired) electrons. The summed E-state index contributed by atoms with van der Waals surface area (Å²) in [7, 11) is 0. The number of nitrogens with one attached hydrogen (secondary N) is 4. The summed E-state index contributed by atoms with van der Waals surface area (Å²) >= 11 is 6.00. The van der Waals surface area contributed by atoms with Gasteiger partial charge in [0.15, 0.2) is 0 Å². The van der Waals surface area contributed by atoms with Crippen molar-refractivity contribution in [3.63, 3.8) is 0 Å². The normalized spacial score (nSPS) is 28.5. The lowest BCUT2D eigenvalue weighted by atomic mass is 9.94. The van der Waals surface area contributed by atoms with Gasteiger partial charge >= 0.3 is 0 Å². The Kier molecular flexibility index (Phi) is 3.99. The Balaban J connectivity index is 1.39. The molecule has 136 valence electrons. The van der Waals surface area contributed by atoms with Crippen LogP contribution in [0.25, 0.3) is 0 Å². The van der Waals surface area contributed by atoms with Crippen LogP contribution in [0, 0.1) is 5.92 Å². The smallest absolute Gasteiger partial charge is 0.271 e. The first-order valence-electron chi connectivity index (χ1n) is 9.31. The molecular formula is C19H22ClN5O. The lowest BCUT2D eigenvalue weighted by molar-refractivity contribution is 0.0950. The van der Waals surface area contributed by atoms with E-state index < -0.39 is 0 Å². The molecule has 1 amide bonds. The maximum atomic E-state index is 12.5. The molecular weight excluding hydrogens is 350 g/mol. The third kappa shape index (κ3) is 3.02. The Morgan fingerprint density at radius 3 is 2.69 bits per heavy atom. The molecule has 3 aliphatic rings. The third-order valence-corrected chi connectivity index (χ3v) is 6.02. The van der Waals surface area contributed by atoms with Crippen molar-refractivity contribution in [3.05, 3.63) is 52.1 Å². The van der Waals surface area contributed by atoms with E-state index in [1.807, 2.05) is 24.3 Å². The van der Waals surface area contributed by atoms with Gasteiger partial charge in [0.2, 0.25) is 0 Å². The van der Waals surface area contributed by atoms with E-state index in [-0.39, 0.29) is 17.9 Å². The second-order valence-corrected chi connectivity index (χ2v) is 8.07. The van der Waals surface area contributed by atoms with Crippen LogP contribution in [0.2, 0.25) is 5.02 Å². The van der Waals surface area contributed by atoms with Crippen molar-refractivity contribution in [1.29, 1.82) is 0 Å². The van der Waals surface area contributed by atoms with E-state index >= 15 is 0 Å². The van der Waals surface area contributed by atoms with E-state index in [4.69, 9.17) is 11.6 Å². The molecule has 0 spiro atoms. The van der Waals surface area contributed by atoms with Gasteiger partial charge in [-0.15, -0.1) is 0 Å². The first-order valence-corrected chi connectivity index (χ1v) is 9.68. The number of amides is 1. The Labute approximate surface area is 157 Å². The minimum absolute atomic E-state index is 0.0938. The molecule has 3 heterocycles. The summed E-state index contributed by atoms with van der Waals surface area (Å²) in [6.45, 7) is 0.604. The van der Waals surface area contributed by atoms with Gasteiger partial charge in [0.1, 0.15) is 11.5 Å². The molecule has 3 atom stereocenters. The highest BCUT2D eigenvalue weighted by atomic mass is 35.5. The number of imidazole rings is 1. The number of H-pyrrole nitrogens is 1. The Bertz CT molecular complexity index is 829. The van der Waals surface area contributed by atoms with Crippen LogP contribution in [-0.2, 0) is 6.42 Å². The first-order chi connectivity index (χ1) is 12.7. The molecule has 1 saturated heterocycles. The fraction of sp³-hybridized carbons (Fsp3) is 0.474. The predicted molar refractivity (Wildman–Crippen MR) is 99.0 cm³/mol. The number of hydrazine groups is 1. The molecule has 26 heavy (non-hydrogen) atoms. The second kappa shape index (κ2) is 6.37. The van der Waals surface area contributed by atoms with Gasteiger partial charge in [-0.25, -0.2) is 10.4 Å². The highest BCUT2D eigenvalue weighted by Gasteiger charge is 2.38. The molecule has 1 aromatic carbocycles. The zero-order valence-corrected chi connectivity index (χ0v) is 15.1. The molecule has 4 N–H and O–H groups in total. The maximum absolute atomic E-state index is 12.5. The van der Waals surface area contributed by atoms with Gasteiger partial charge in [0.25, 0.3) is 5.91 Å². The monoisotopic (exact) mass is 371 g/mol. The number of hydrogen-bond acceptors (Lipinski definition) is 4. The molecule has 7 heteroatoms. The summed E-state index contributed by atoms with van der Waals surface area (Å²) in [5.41, 5.74) is 9.36. The van der Waals surface area contributed by atoms with Gasteiger partial charge in [-0.05, 0) is 49.3 Å². The van der Waals surface area contributed by atoms with Gasteiger partial charge in [0.05, 0.1) is 6.04 Å². The van der Waals surface area contributed by atoms with Crippen molar-refractivity contribution in [3.8, 4) is 0 Å². The van der Waals surface area contributed by atoms with Crippen molar-refractivity contribution < 1.29 is 4.79 Å².